The average Bonchev–Trinajstić information content (AvgIpc) is 3.41. The zero-order chi connectivity index (χ0) is 20.4. The Labute approximate surface area is 183 Å². The molecule has 3 aromatic carbocycles. The Balaban J connectivity index is 1.48. The van der Waals surface area contributed by atoms with E-state index in [4.69, 9.17) is 0 Å². The van der Waals surface area contributed by atoms with Crippen molar-refractivity contribution >= 4 is 44.2 Å². The molecule has 3 saturated heterocycles. The van der Waals surface area contributed by atoms with Crippen LogP contribution in [-0.4, -0.2) is 41.0 Å². The van der Waals surface area contributed by atoms with Gasteiger partial charge in [0.1, 0.15) is 6.04 Å². The van der Waals surface area contributed by atoms with Crippen LogP contribution >= 0.6 is 15.9 Å². The zero-order valence-corrected chi connectivity index (χ0v) is 17.8. The lowest BCUT2D eigenvalue weighted by atomic mass is 9.90. The van der Waals surface area contributed by atoms with Crippen LogP contribution in [0.2, 0.25) is 0 Å². The number of hydrazine groups is 1. The summed E-state index contributed by atoms with van der Waals surface area (Å²) in [6.45, 7) is 1.69. The first kappa shape index (κ1) is 18.2. The van der Waals surface area contributed by atoms with Gasteiger partial charge in [-0.25, -0.2) is 14.9 Å². The molecule has 3 fully saturated rings. The average molecular weight is 462 g/mol. The van der Waals surface area contributed by atoms with Crippen LogP contribution in [0.5, 0.6) is 0 Å². The van der Waals surface area contributed by atoms with Crippen LogP contribution in [-0.2, 0) is 9.59 Å². The molecular weight excluding hydrogens is 442 g/mol. The molecule has 0 radical (unpaired) electrons. The summed E-state index contributed by atoms with van der Waals surface area (Å²) in [6.07, 6.45) is 1.01. The minimum Gasteiger partial charge on any atom is -0.274 e. The molecule has 5 nitrogen and oxygen atoms in total. The molecule has 3 atom stereocenters. The Morgan fingerprint density at radius 3 is 2.27 bits per heavy atom. The van der Waals surface area contributed by atoms with Crippen molar-refractivity contribution in [3.05, 3.63) is 76.8 Å². The Morgan fingerprint density at radius 1 is 0.767 bits per heavy atom. The van der Waals surface area contributed by atoms with E-state index in [1.54, 1.807) is 0 Å². The summed E-state index contributed by atoms with van der Waals surface area (Å²) >= 11 is 3.50. The van der Waals surface area contributed by atoms with Gasteiger partial charge in [0.25, 0.3) is 5.91 Å². The predicted octanol–water partition coefficient (Wildman–Crippen LogP) is 4.14. The van der Waals surface area contributed by atoms with Crippen LogP contribution in [0.3, 0.4) is 0 Å². The van der Waals surface area contributed by atoms with Crippen LogP contribution in [0.25, 0.3) is 10.8 Å². The lowest BCUT2D eigenvalue weighted by Crippen LogP contribution is -2.44. The van der Waals surface area contributed by atoms with E-state index in [-0.39, 0.29) is 17.9 Å². The molecule has 3 aliphatic heterocycles. The molecule has 0 bridgehead atoms. The summed E-state index contributed by atoms with van der Waals surface area (Å²) in [6, 6.07) is 21.3. The van der Waals surface area contributed by atoms with Crippen molar-refractivity contribution in [1.82, 2.24) is 10.0 Å². The molecule has 0 saturated carbocycles. The maximum absolute atomic E-state index is 13.8. The lowest BCUT2D eigenvalue weighted by Gasteiger charge is -2.30. The Bertz CT molecular complexity index is 1170. The number of halogens is 1. The van der Waals surface area contributed by atoms with Crippen LogP contribution in [0.4, 0.5) is 5.69 Å². The summed E-state index contributed by atoms with van der Waals surface area (Å²) in [4.78, 5) is 28.9. The second-order valence-corrected chi connectivity index (χ2v) is 9.07. The molecule has 0 spiro atoms. The second-order valence-electron chi connectivity index (χ2n) is 8.16. The Morgan fingerprint density at radius 2 is 1.47 bits per heavy atom. The van der Waals surface area contributed by atoms with Crippen molar-refractivity contribution < 1.29 is 9.59 Å². The van der Waals surface area contributed by atoms with Crippen LogP contribution in [0, 0.1) is 5.92 Å². The van der Waals surface area contributed by atoms with E-state index in [1.165, 1.54) is 4.90 Å². The molecule has 0 unspecified atom stereocenters. The second kappa shape index (κ2) is 6.74. The molecule has 6 rings (SSSR count). The normalized spacial score (nSPS) is 26.6. The van der Waals surface area contributed by atoms with Gasteiger partial charge in [-0.1, -0.05) is 64.5 Å². The smallest absolute Gasteiger partial charge is 0.253 e. The topological polar surface area (TPSA) is 43.9 Å². The molecule has 0 aliphatic carbocycles. The van der Waals surface area contributed by atoms with E-state index in [0.29, 0.717) is 5.69 Å². The van der Waals surface area contributed by atoms with E-state index >= 15 is 0 Å². The van der Waals surface area contributed by atoms with E-state index < -0.39 is 12.0 Å². The monoisotopic (exact) mass is 461 g/mol. The highest BCUT2D eigenvalue weighted by atomic mass is 79.9. The zero-order valence-electron chi connectivity index (χ0n) is 16.2. The van der Waals surface area contributed by atoms with Crippen molar-refractivity contribution in [2.45, 2.75) is 18.5 Å². The predicted molar refractivity (Wildman–Crippen MR) is 119 cm³/mol. The SMILES string of the molecule is O=C1[C@H]2[C@@H](C(=O)N1c1cccc3ccccc13)N1CCCN1[C@H]2c1ccc(Br)cc1. The van der Waals surface area contributed by atoms with E-state index in [2.05, 4.69) is 38.1 Å². The van der Waals surface area contributed by atoms with Crippen molar-refractivity contribution in [3.8, 4) is 0 Å². The maximum Gasteiger partial charge on any atom is 0.253 e. The summed E-state index contributed by atoms with van der Waals surface area (Å²) in [5.41, 5.74) is 1.77. The van der Waals surface area contributed by atoms with Gasteiger partial charge in [-0.15, -0.1) is 0 Å². The highest BCUT2D eigenvalue weighted by Gasteiger charge is 2.62. The van der Waals surface area contributed by atoms with Crippen molar-refractivity contribution in [3.63, 3.8) is 0 Å². The van der Waals surface area contributed by atoms with Crippen molar-refractivity contribution in [2.75, 3.05) is 18.0 Å². The van der Waals surface area contributed by atoms with Gasteiger partial charge in [-0.3, -0.25) is 9.59 Å². The van der Waals surface area contributed by atoms with Crippen molar-refractivity contribution in [1.29, 1.82) is 0 Å². The molecule has 30 heavy (non-hydrogen) atoms. The third kappa shape index (κ3) is 2.47. The number of hydrogen-bond acceptors (Lipinski definition) is 4. The molecule has 0 N–H and O–H groups in total. The molecule has 3 heterocycles. The van der Waals surface area contributed by atoms with E-state index in [1.807, 2.05) is 54.6 Å². The number of rotatable bonds is 2. The molecule has 3 aromatic rings. The molecule has 150 valence electrons. The van der Waals surface area contributed by atoms with Crippen LogP contribution in [0.1, 0.15) is 18.0 Å². The largest absolute Gasteiger partial charge is 0.274 e. The number of carbonyl (C=O) groups excluding carboxylic acids is 2. The third-order valence-electron chi connectivity index (χ3n) is 6.62. The highest BCUT2D eigenvalue weighted by Crippen LogP contribution is 2.49. The van der Waals surface area contributed by atoms with Crippen molar-refractivity contribution in [2.24, 2.45) is 5.92 Å². The first-order valence-corrected chi connectivity index (χ1v) is 11.1. The number of anilines is 1. The van der Waals surface area contributed by atoms with Gasteiger partial charge in [0.2, 0.25) is 5.91 Å². The first-order chi connectivity index (χ1) is 14.6. The highest BCUT2D eigenvalue weighted by molar-refractivity contribution is 9.10. The number of benzene rings is 3. The van der Waals surface area contributed by atoms with E-state index in [0.717, 1.165) is 40.3 Å². The van der Waals surface area contributed by atoms with Gasteiger partial charge >= 0.3 is 0 Å². The number of amides is 2. The molecule has 2 amide bonds. The number of imide groups is 1. The summed E-state index contributed by atoms with van der Waals surface area (Å²) in [7, 11) is 0. The number of hydrogen-bond donors (Lipinski definition) is 0. The summed E-state index contributed by atoms with van der Waals surface area (Å²) < 4.78 is 1.00. The van der Waals surface area contributed by atoms with Gasteiger partial charge in [0.15, 0.2) is 0 Å². The molecule has 0 aromatic heterocycles. The lowest BCUT2D eigenvalue weighted by molar-refractivity contribution is -0.126. The van der Waals surface area contributed by atoms with Gasteiger partial charge in [0, 0.05) is 22.9 Å². The molecular formula is C24H20BrN3O2. The minimum absolute atomic E-state index is 0.0938. The fourth-order valence-corrected chi connectivity index (χ4v) is 5.68. The Hall–Kier alpha value is -2.54. The maximum atomic E-state index is 13.8. The third-order valence-corrected chi connectivity index (χ3v) is 7.15. The minimum atomic E-state index is -0.424. The van der Waals surface area contributed by atoms with Crippen LogP contribution < -0.4 is 4.90 Å². The summed E-state index contributed by atoms with van der Waals surface area (Å²) in [5.74, 6) is -0.588. The number of fused-ring (bicyclic) bond motifs is 4. The van der Waals surface area contributed by atoms with Gasteiger partial charge < -0.3 is 0 Å². The molecule has 3 aliphatic rings. The van der Waals surface area contributed by atoms with Crippen LogP contribution in [0.15, 0.2) is 71.2 Å². The fourth-order valence-electron chi connectivity index (χ4n) is 5.41. The standard InChI is InChI=1S/C24H20BrN3O2/c25-17-11-9-16(10-12-17)21-20-22(27-14-4-13-26(21)27)24(30)28(23(20)29)19-8-3-6-15-5-1-2-7-18(15)19/h1-3,5-12,20-22H,4,13-14H2/t20-,21+,22+/m1/s1. The van der Waals surface area contributed by atoms with E-state index in [9.17, 15) is 9.59 Å². The van der Waals surface area contributed by atoms with Gasteiger partial charge in [0.05, 0.1) is 17.6 Å². The molecule has 6 heteroatoms. The van der Waals surface area contributed by atoms with Gasteiger partial charge in [-0.2, -0.15) is 0 Å². The quantitative estimate of drug-likeness (QED) is 0.538. The number of carbonyl (C=O) groups is 2. The number of nitrogens with zero attached hydrogens (tertiary/aromatic N) is 3. The fraction of sp³-hybridized carbons (Fsp3) is 0.250. The Kier molecular flexibility index (Phi) is 4.10. The summed E-state index contributed by atoms with van der Waals surface area (Å²) in [5, 5.41) is 6.34. The van der Waals surface area contributed by atoms with Gasteiger partial charge in [-0.05, 0) is 35.6 Å². The first-order valence-electron chi connectivity index (χ1n) is 10.3.